The van der Waals surface area contributed by atoms with Gasteiger partial charge in [0.2, 0.25) is 0 Å². The minimum atomic E-state index is 0.884. The third kappa shape index (κ3) is 5.51. The van der Waals surface area contributed by atoms with Gasteiger partial charge in [-0.15, -0.1) is 0 Å². The van der Waals surface area contributed by atoms with Gasteiger partial charge in [0.05, 0.1) is 5.69 Å². The van der Waals surface area contributed by atoms with Crippen LogP contribution in [0.3, 0.4) is 0 Å². The van der Waals surface area contributed by atoms with Crippen molar-refractivity contribution in [3.8, 4) is 33.4 Å². The van der Waals surface area contributed by atoms with Crippen molar-refractivity contribution >= 4 is 82.5 Å². The van der Waals surface area contributed by atoms with Gasteiger partial charge < -0.3 is 13.7 Å². The lowest BCUT2D eigenvalue weighted by Gasteiger charge is -2.28. The summed E-state index contributed by atoms with van der Waals surface area (Å²) in [5, 5.41) is 9.24. The molecule has 0 saturated carbocycles. The molecule has 59 heavy (non-hydrogen) atoms. The van der Waals surface area contributed by atoms with E-state index in [0.717, 1.165) is 94.1 Å². The van der Waals surface area contributed by atoms with Crippen LogP contribution >= 0.6 is 0 Å². The van der Waals surface area contributed by atoms with Crippen LogP contribution in [0.1, 0.15) is 0 Å². The van der Waals surface area contributed by atoms with Gasteiger partial charge in [-0.2, -0.15) is 0 Å². The molecule has 3 heteroatoms. The van der Waals surface area contributed by atoms with Crippen molar-refractivity contribution in [2.24, 2.45) is 0 Å². The number of benzene rings is 10. The first-order valence-electron chi connectivity index (χ1n) is 20.1. The molecule has 12 aromatic rings. The van der Waals surface area contributed by atoms with E-state index < -0.39 is 0 Å². The van der Waals surface area contributed by atoms with E-state index in [1.54, 1.807) is 0 Å². The summed E-state index contributed by atoms with van der Waals surface area (Å²) in [7, 11) is 0. The summed E-state index contributed by atoms with van der Waals surface area (Å²) in [6, 6.07) is 75.9. The average Bonchev–Trinajstić information content (AvgIpc) is 3.87. The first-order chi connectivity index (χ1) is 29.2. The number of para-hydroxylation sites is 2. The molecule has 0 spiro atoms. The molecule has 0 amide bonds. The van der Waals surface area contributed by atoms with Gasteiger partial charge in [-0.3, -0.25) is 0 Å². The summed E-state index contributed by atoms with van der Waals surface area (Å²) in [5.74, 6) is 0. The fraction of sp³-hybridized carbons (Fsp3) is 0. The molecule has 276 valence electrons. The minimum absolute atomic E-state index is 0.884. The van der Waals surface area contributed by atoms with Crippen LogP contribution in [0.15, 0.2) is 221 Å². The minimum Gasteiger partial charge on any atom is -0.456 e. The number of hydrogen-bond donors (Lipinski definition) is 0. The van der Waals surface area contributed by atoms with Gasteiger partial charge in [0.1, 0.15) is 22.3 Å². The van der Waals surface area contributed by atoms with Crippen molar-refractivity contribution in [3.05, 3.63) is 212 Å². The van der Waals surface area contributed by atoms with E-state index in [2.05, 4.69) is 205 Å². The fourth-order valence-electron chi connectivity index (χ4n) is 9.01. The number of anilines is 3. The molecule has 0 atom stereocenters. The van der Waals surface area contributed by atoms with E-state index in [1.165, 1.54) is 21.7 Å². The second-order valence-corrected chi connectivity index (χ2v) is 15.3. The molecule has 0 aliphatic carbocycles. The highest BCUT2D eigenvalue weighted by Gasteiger charge is 2.20. The molecule has 2 heterocycles. The van der Waals surface area contributed by atoms with E-state index in [4.69, 9.17) is 8.83 Å². The third-order valence-electron chi connectivity index (χ3n) is 11.9. The first-order valence-corrected chi connectivity index (χ1v) is 20.1. The lowest BCUT2D eigenvalue weighted by atomic mass is 9.96. The standard InChI is InChI=1S/C56H35NO2/c1-3-16-44-37(11-1)13-10-20-45(44)40-14-9-15-43(33-40)57(42-28-23-36(24-29-42)39-26-31-54-50(34-39)48-19-6-8-22-53(48)58-54)52-21-7-5-17-46(52)41-27-32-55-51(35-41)49-30-25-38-12-2-4-18-47(38)56(49)59-55/h1-35H. The largest absolute Gasteiger partial charge is 0.456 e. The van der Waals surface area contributed by atoms with Crippen LogP contribution in [0.25, 0.3) is 98.8 Å². The Morgan fingerprint density at radius 1 is 0.288 bits per heavy atom. The van der Waals surface area contributed by atoms with Gasteiger partial charge in [0.25, 0.3) is 0 Å². The van der Waals surface area contributed by atoms with Crippen LogP contribution in [0.5, 0.6) is 0 Å². The molecular formula is C56H35NO2. The summed E-state index contributed by atoms with van der Waals surface area (Å²) >= 11 is 0. The second-order valence-electron chi connectivity index (χ2n) is 15.3. The Kier molecular flexibility index (Phi) is 7.54. The number of nitrogens with zero attached hydrogens (tertiary/aromatic N) is 1. The van der Waals surface area contributed by atoms with Gasteiger partial charge >= 0.3 is 0 Å². The summed E-state index contributed by atoms with van der Waals surface area (Å²) in [6.07, 6.45) is 0. The highest BCUT2D eigenvalue weighted by atomic mass is 16.3. The molecule has 3 nitrogen and oxygen atoms in total. The summed E-state index contributed by atoms with van der Waals surface area (Å²) in [5.41, 5.74) is 13.7. The first kappa shape index (κ1) is 33.3. The highest BCUT2D eigenvalue weighted by molar-refractivity contribution is 6.16. The molecule has 0 aliphatic heterocycles. The quantitative estimate of drug-likeness (QED) is 0.169. The topological polar surface area (TPSA) is 29.5 Å². The van der Waals surface area contributed by atoms with Crippen molar-refractivity contribution in [2.75, 3.05) is 4.90 Å². The van der Waals surface area contributed by atoms with E-state index in [0.29, 0.717) is 0 Å². The maximum Gasteiger partial charge on any atom is 0.143 e. The molecule has 10 aromatic carbocycles. The molecule has 0 saturated heterocycles. The van der Waals surface area contributed by atoms with E-state index in [-0.39, 0.29) is 0 Å². The Morgan fingerprint density at radius 3 is 1.76 bits per heavy atom. The maximum absolute atomic E-state index is 6.53. The van der Waals surface area contributed by atoms with Crippen molar-refractivity contribution in [1.29, 1.82) is 0 Å². The molecule has 0 N–H and O–H groups in total. The Morgan fingerprint density at radius 2 is 0.881 bits per heavy atom. The third-order valence-corrected chi connectivity index (χ3v) is 11.9. The lowest BCUT2D eigenvalue weighted by Crippen LogP contribution is -2.11. The van der Waals surface area contributed by atoms with Crippen LogP contribution in [-0.2, 0) is 0 Å². The zero-order chi connectivity index (χ0) is 38.9. The second kappa shape index (κ2) is 13.4. The summed E-state index contributed by atoms with van der Waals surface area (Å²) < 4.78 is 12.7. The predicted octanol–water partition coefficient (Wildman–Crippen LogP) is 16.3. The van der Waals surface area contributed by atoms with Gasteiger partial charge in [-0.05, 0) is 111 Å². The highest BCUT2D eigenvalue weighted by Crippen LogP contribution is 2.45. The van der Waals surface area contributed by atoms with E-state index >= 15 is 0 Å². The Balaban J connectivity index is 1.02. The van der Waals surface area contributed by atoms with Gasteiger partial charge in [-0.1, -0.05) is 146 Å². The molecular weight excluding hydrogens is 719 g/mol. The Hall–Kier alpha value is -7.88. The monoisotopic (exact) mass is 753 g/mol. The van der Waals surface area contributed by atoms with Crippen LogP contribution in [-0.4, -0.2) is 0 Å². The molecule has 2 aromatic heterocycles. The lowest BCUT2D eigenvalue weighted by molar-refractivity contribution is 0.669. The Bertz CT molecular complexity index is 3570. The van der Waals surface area contributed by atoms with Crippen molar-refractivity contribution in [1.82, 2.24) is 0 Å². The van der Waals surface area contributed by atoms with Crippen LogP contribution in [0.2, 0.25) is 0 Å². The SMILES string of the molecule is c1cc(-c2cccc3ccccc23)cc(N(c2ccc(-c3ccc4oc5ccccc5c4c3)cc2)c2ccccc2-c2ccc3oc4c5ccccc5ccc4c3c2)c1. The summed E-state index contributed by atoms with van der Waals surface area (Å²) in [6.45, 7) is 0. The van der Waals surface area contributed by atoms with E-state index in [1.807, 2.05) is 12.1 Å². The predicted molar refractivity (Wildman–Crippen MR) is 247 cm³/mol. The van der Waals surface area contributed by atoms with E-state index in [9.17, 15) is 0 Å². The van der Waals surface area contributed by atoms with Crippen molar-refractivity contribution < 1.29 is 8.83 Å². The Labute approximate surface area is 340 Å². The zero-order valence-corrected chi connectivity index (χ0v) is 32.0. The molecule has 0 bridgehead atoms. The van der Waals surface area contributed by atoms with Gasteiger partial charge in [0, 0.05) is 43.9 Å². The van der Waals surface area contributed by atoms with Crippen LogP contribution in [0, 0.1) is 0 Å². The number of furan rings is 2. The number of rotatable bonds is 6. The molecule has 0 fully saturated rings. The van der Waals surface area contributed by atoms with Crippen molar-refractivity contribution in [3.63, 3.8) is 0 Å². The number of fused-ring (bicyclic) bond motifs is 9. The molecule has 12 rings (SSSR count). The zero-order valence-electron chi connectivity index (χ0n) is 32.0. The van der Waals surface area contributed by atoms with Crippen LogP contribution < -0.4 is 4.90 Å². The molecule has 0 aliphatic rings. The summed E-state index contributed by atoms with van der Waals surface area (Å²) in [4.78, 5) is 2.39. The average molecular weight is 754 g/mol. The van der Waals surface area contributed by atoms with Crippen LogP contribution in [0.4, 0.5) is 17.1 Å². The van der Waals surface area contributed by atoms with Gasteiger partial charge in [0.15, 0.2) is 0 Å². The fourth-order valence-corrected chi connectivity index (χ4v) is 9.01. The normalized spacial score (nSPS) is 11.7. The molecule has 0 radical (unpaired) electrons. The molecule has 0 unspecified atom stereocenters. The van der Waals surface area contributed by atoms with Crippen molar-refractivity contribution in [2.45, 2.75) is 0 Å². The maximum atomic E-state index is 6.53. The van der Waals surface area contributed by atoms with Gasteiger partial charge in [-0.25, -0.2) is 0 Å². The smallest absolute Gasteiger partial charge is 0.143 e. The number of hydrogen-bond acceptors (Lipinski definition) is 3.